The minimum Gasteiger partial charge on any atom is -0.216 e. The number of halogens is 3. The summed E-state index contributed by atoms with van der Waals surface area (Å²) in [4.78, 5) is 5.50. The van der Waals surface area contributed by atoms with Crippen molar-refractivity contribution in [1.82, 2.24) is 9.97 Å². The Morgan fingerprint density at radius 2 is 1.40 bits per heavy atom. The molecule has 0 aromatic carbocycles. The predicted octanol–water partition coefficient (Wildman–Crippen LogP) is 1.20. The number of rotatable bonds is 0. The fourth-order valence-corrected chi connectivity index (χ4v) is 0.453. The van der Waals surface area contributed by atoms with Crippen LogP contribution < -0.4 is 0 Å². The van der Waals surface area contributed by atoms with Gasteiger partial charge in [0, 0.05) is 0 Å². The van der Waals surface area contributed by atoms with Gasteiger partial charge < -0.3 is 0 Å². The minimum absolute atomic E-state index is 0.251. The molecule has 2 nitrogen and oxygen atoms in total. The standard InChI is InChI=1S/C5H3F3N2/c1-2-3(6)10-5(8)4(7)9-2/h1H3. The molecule has 0 unspecified atom stereocenters. The maximum absolute atomic E-state index is 12.2. The van der Waals surface area contributed by atoms with E-state index >= 15 is 0 Å². The van der Waals surface area contributed by atoms with Crippen LogP contribution in [-0.4, -0.2) is 9.97 Å². The molecule has 1 aromatic heterocycles. The van der Waals surface area contributed by atoms with E-state index in [0.29, 0.717) is 0 Å². The van der Waals surface area contributed by atoms with E-state index in [0.717, 1.165) is 0 Å². The Morgan fingerprint density at radius 3 is 1.90 bits per heavy atom. The van der Waals surface area contributed by atoms with Gasteiger partial charge in [0.2, 0.25) is 5.95 Å². The largest absolute Gasteiger partial charge is 0.271 e. The summed E-state index contributed by atoms with van der Waals surface area (Å²) in [7, 11) is 0. The van der Waals surface area contributed by atoms with Gasteiger partial charge in [-0.25, -0.2) is 4.98 Å². The summed E-state index contributed by atoms with van der Waals surface area (Å²) >= 11 is 0. The Hall–Kier alpha value is -1.13. The molecule has 0 radical (unpaired) electrons. The molecular formula is C5H3F3N2. The van der Waals surface area contributed by atoms with Gasteiger partial charge in [-0.1, -0.05) is 0 Å². The quantitative estimate of drug-likeness (QED) is 0.552. The number of nitrogens with zero attached hydrogens (tertiary/aromatic N) is 2. The number of hydrogen-bond acceptors (Lipinski definition) is 2. The van der Waals surface area contributed by atoms with E-state index in [1.165, 1.54) is 6.92 Å². The van der Waals surface area contributed by atoms with Gasteiger partial charge in [-0.3, -0.25) is 0 Å². The normalized spacial score (nSPS) is 10.0. The van der Waals surface area contributed by atoms with Gasteiger partial charge in [-0.15, -0.1) is 0 Å². The van der Waals surface area contributed by atoms with Crippen molar-refractivity contribution in [1.29, 1.82) is 0 Å². The third kappa shape index (κ3) is 1.07. The van der Waals surface area contributed by atoms with Crippen molar-refractivity contribution >= 4 is 0 Å². The zero-order valence-electron chi connectivity index (χ0n) is 5.03. The van der Waals surface area contributed by atoms with Crippen molar-refractivity contribution in [2.24, 2.45) is 0 Å². The second-order valence-corrected chi connectivity index (χ2v) is 1.68. The van der Waals surface area contributed by atoms with E-state index in [-0.39, 0.29) is 5.69 Å². The zero-order valence-corrected chi connectivity index (χ0v) is 5.03. The first-order valence-electron chi connectivity index (χ1n) is 2.46. The van der Waals surface area contributed by atoms with Crippen LogP contribution in [0.4, 0.5) is 13.2 Å². The van der Waals surface area contributed by atoms with Gasteiger partial charge in [0.25, 0.3) is 11.9 Å². The first-order chi connectivity index (χ1) is 4.61. The highest BCUT2D eigenvalue weighted by molar-refractivity contribution is 4.96. The molecule has 0 aliphatic carbocycles. The monoisotopic (exact) mass is 148 g/mol. The van der Waals surface area contributed by atoms with Crippen molar-refractivity contribution in [3.05, 3.63) is 23.5 Å². The van der Waals surface area contributed by atoms with Gasteiger partial charge in [0.15, 0.2) is 0 Å². The van der Waals surface area contributed by atoms with Crippen LogP contribution in [-0.2, 0) is 0 Å². The molecule has 0 amide bonds. The molecule has 0 fully saturated rings. The molecule has 5 heteroatoms. The van der Waals surface area contributed by atoms with E-state index in [4.69, 9.17) is 0 Å². The smallest absolute Gasteiger partial charge is 0.216 e. The van der Waals surface area contributed by atoms with Crippen molar-refractivity contribution in [3.63, 3.8) is 0 Å². The molecule has 0 N–H and O–H groups in total. The van der Waals surface area contributed by atoms with E-state index in [1.807, 2.05) is 0 Å². The third-order valence-electron chi connectivity index (χ3n) is 0.931. The van der Waals surface area contributed by atoms with Crippen LogP contribution in [0.2, 0.25) is 0 Å². The van der Waals surface area contributed by atoms with Gasteiger partial charge in [-0.05, 0) is 6.92 Å². The molecule has 10 heavy (non-hydrogen) atoms. The highest BCUT2D eigenvalue weighted by Crippen LogP contribution is 2.02. The van der Waals surface area contributed by atoms with Crippen LogP contribution in [0.5, 0.6) is 0 Å². The van der Waals surface area contributed by atoms with Crippen LogP contribution in [0, 0.1) is 24.8 Å². The summed E-state index contributed by atoms with van der Waals surface area (Å²) in [6.45, 7) is 1.20. The molecule has 1 heterocycles. The van der Waals surface area contributed by atoms with Gasteiger partial charge in [0.05, 0.1) is 5.69 Å². The number of aromatic nitrogens is 2. The lowest BCUT2D eigenvalue weighted by Gasteiger charge is -1.93. The fourth-order valence-electron chi connectivity index (χ4n) is 0.453. The maximum Gasteiger partial charge on any atom is 0.271 e. The molecule has 1 aromatic rings. The average molecular weight is 148 g/mol. The molecule has 1 rings (SSSR count). The third-order valence-corrected chi connectivity index (χ3v) is 0.931. The lowest BCUT2D eigenvalue weighted by molar-refractivity contribution is 0.415. The second-order valence-electron chi connectivity index (χ2n) is 1.68. The van der Waals surface area contributed by atoms with Gasteiger partial charge in [0.1, 0.15) is 0 Å². The summed E-state index contributed by atoms with van der Waals surface area (Å²) < 4.78 is 36.2. The molecule has 0 spiro atoms. The van der Waals surface area contributed by atoms with Gasteiger partial charge >= 0.3 is 0 Å². The Morgan fingerprint density at radius 1 is 0.900 bits per heavy atom. The molecule has 0 saturated heterocycles. The lowest BCUT2D eigenvalue weighted by Crippen LogP contribution is -2.00. The van der Waals surface area contributed by atoms with Crippen LogP contribution in [0.1, 0.15) is 5.69 Å². The van der Waals surface area contributed by atoms with Gasteiger partial charge in [-0.2, -0.15) is 18.2 Å². The van der Waals surface area contributed by atoms with Crippen molar-refractivity contribution < 1.29 is 13.2 Å². The molecule has 54 valence electrons. The molecular weight excluding hydrogens is 145 g/mol. The van der Waals surface area contributed by atoms with Crippen LogP contribution in [0.15, 0.2) is 0 Å². The Bertz CT molecular complexity index is 211. The Balaban J connectivity index is 3.28. The van der Waals surface area contributed by atoms with Crippen LogP contribution in [0.3, 0.4) is 0 Å². The first kappa shape index (κ1) is 6.98. The van der Waals surface area contributed by atoms with E-state index in [9.17, 15) is 13.2 Å². The summed E-state index contributed by atoms with van der Waals surface area (Å²) in [5, 5.41) is 0. The summed E-state index contributed by atoms with van der Waals surface area (Å²) in [6, 6.07) is 0. The second kappa shape index (κ2) is 2.24. The number of hydrogen-bond donors (Lipinski definition) is 0. The predicted molar refractivity (Wildman–Crippen MR) is 26.6 cm³/mol. The van der Waals surface area contributed by atoms with Crippen molar-refractivity contribution in [2.45, 2.75) is 6.92 Å². The average Bonchev–Trinajstić information content (AvgIpc) is 1.84. The minimum atomic E-state index is -1.51. The summed E-state index contributed by atoms with van der Waals surface area (Å²) in [5.41, 5.74) is -0.251. The zero-order chi connectivity index (χ0) is 7.72. The topological polar surface area (TPSA) is 25.8 Å². The lowest BCUT2D eigenvalue weighted by atomic mass is 10.5. The van der Waals surface area contributed by atoms with Crippen LogP contribution in [0.25, 0.3) is 0 Å². The fraction of sp³-hybridized carbons (Fsp3) is 0.200. The highest BCUT2D eigenvalue weighted by Gasteiger charge is 2.08. The summed E-state index contributed by atoms with van der Waals surface area (Å²) in [6.07, 6.45) is 0. The summed E-state index contributed by atoms with van der Waals surface area (Å²) in [5.74, 6) is -3.97. The molecule has 0 atom stereocenters. The number of aryl methyl sites for hydroxylation is 1. The SMILES string of the molecule is Cc1nc(F)c(F)nc1F. The Kier molecular flexibility index (Phi) is 1.57. The van der Waals surface area contributed by atoms with E-state index < -0.39 is 17.8 Å². The van der Waals surface area contributed by atoms with Crippen LogP contribution >= 0.6 is 0 Å². The molecule has 0 bridgehead atoms. The maximum atomic E-state index is 12.2. The van der Waals surface area contributed by atoms with Crippen molar-refractivity contribution in [3.8, 4) is 0 Å². The Labute approximate surface area is 54.7 Å². The highest BCUT2D eigenvalue weighted by atomic mass is 19.2. The molecule has 0 aliphatic rings. The van der Waals surface area contributed by atoms with E-state index in [2.05, 4.69) is 9.97 Å². The molecule has 0 aliphatic heterocycles. The molecule has 0 saturated carbocycles. The van der Waals surface area contributed by atoms with Crippen molar-refractivity contribution in [2.75, 3.05) is 0 Å². The first-order valence-corrected chi connectivity index (χ1v) is 2.46. The van der Waals surface area contributed by atoms with E-state index in [1.54, 1.807) is 0 Å².